The summed E-state index contributed by atoms with van der Waals surface area (Å²) in [6.45, 7) is -0.332. The van der Waals surface area contributed by atoms with Crippen molar-refractivity contribution in [3.05, 3.63) is 53.6 Å². The molecular weight excluding hydrogens is 316 g/mol. The van der Waals surface area contributed by atoms with Gasteiger partial charge in [0.25, 0.3) is 0 Å². The molecule has 22 heavy (non-hydrogen) atoms. The summed E-state index contributed by atoms with van der Waals surface area (Å²) < 4.78 is 63.3. The van der Waals surface area contributed by atoms with Gasteiger partial charge in [-0.2, -0.15) is 0 Å². The van der Waals surface area contributed by atoms with Crippen molar-refractivity contribution in [2.24, 2.45) is 0 Å². The van der Waals surface area contributed by atoms with Crippen LogP contribution in [0.2, 0.25) is 0 Å². The van der Waals surface area contributed by atoms with Crippen molar-refractivity contribution in [1.29, 1.82) is 0 Å². The first-order valence-electron chi connectivity index (χ1n) is 6.29. The Morgan fingerprint density at radius 3 is 2.64 bits per heavy atom. The summed E-state index contributed by atoms with van der Waals surface area (Å²) in [6.07, 6.45) is 0. The third-order valence-electron chi connectivity index (χ3n) is 3.11. The second-order valence-electron chi connectivity index (χ2n) is 4.58. The van der Waals surface area contributed by atoms with Crippen LogP contribution in [-0.4, -0.2) is 15.2 Å². The number of rotatable bonds is 4. The molecule has 0 aromatic heterocycles. The van der Waals surface area contributed by atoms with Crippen molar-refractivity contribution in [2.45, 2.75) is 11.4 Å². The van der Waals surface area contributed by atoms with E-state index in [1.165, 1.54) is 18.2 Å². The van der Waals surface area contributed by atoms with E-state index in [2.05, 4.69) is 4.72 Å². The summed E-state index contributed by atoms with van der Waals surface area (Å²) in [5, 5.41) is 0. The van der Waals surface area contributed by atoms with Crippen molar-refractivity contribution >= 4 is 10.0 Å². The van der Waals surface area contributed by atoms with E-state index in [4.69, 9.17) is 9.47 Å². The molecule has 2 aromatic carbocycles. The summed E-state index contributed by atoms with van der Waals surface area (Å²) in [5.74, 6) is -0.552. The van der Waals surface area contributed by atoms with E-state index < -0.39 is 21.7 Å². The number of nitrogens with one attached hydrogen (secondary N) is 1. The van der Waals surface area contributed by atoms with Crippen LogP contribution in [0.4, 0.5) is 8.78 Å². The lowest BCUT2D eigenvalue weighted by Gasteiger charge is -2.08. The first-order chi connectivity index (χ1) is 10.5. The molecule has 0 atom stereocenters. The maximum atomic E-state index is 13.5. The van der Waals surface area contributed by atoms with Crippen LogP contribution in [0.5, 0.6) is 11.5 Å². The summed E-state index contributed by atoms with van der Waals surface area (Å²) in [7, 11) is -3.88. The second-order valence-corrected chi connectivity index (χ2v) is 6.34. The van der Waals surface area contributed by atoms with Gasteiger partial charge in [0.1, 0.15) is 11.6 Å². The highest BCUT2D eigenvalue weighted by Gasteiger charge is 2.20. The van der Waals surface area contributed by atoms with Crippen molar-refractivity contribution in [1.82, 2.24) is 4.72 Å². The monoisotopic (exact) mass is 327 g/mol. The number of ether oxygens (including phenoxy) is 2. The Hall–Kier alpha value is -2.19. The molecule has 0 radical (unpaired) electrons. The molecule has 116 valence electrons. The van der Waals surface area contributed by atoms with Crippen molar-refractivity contribution < 1.29 is 26.7 Å². The molecule has 0 saturated heterocycles. The van der Waals surface area contributed by atoms with Gasteiger partial charge in [-0.05, 0) is 30.3 Å². The molecule has 0 amide bonds. The number of fused-ring (bicyclic) bond motifs is 1. The smallest absolute Gasteiger partial charge is 0.241 e. The normalized spacial score (nSPS) is 13.4. The number of hydrogen-bond donors (Lipinski definition) is 1. The summed E-state index contributed by atoms with van der Waals surface area (Å²) in [6, 6.07) is 6.98. The van der Waals surface area contributed by atoms with Gasteiger partial charge in [0, 0.05) is 18.2 Å². The number of hydrogen-bond acceptors (Lipinski definition) is 4. The molecule has 1 aliphatic heterocycles. The van der Waals surface area contributed by atoms with E-state index in [0.29, 0.717) is 11.5 Å². The van der Waals surface area contributed by atoms with Gasteiger partial charge in [0.2, 0.25) is 16.8 Å². The largest absolute Gasteiger partial charge is 0.454 e. The highest BCUT2D eigenvalue weighted by atomic mass is 32.2. The third-order valence-corrected chi connectivity index (χ3v) is 4.51. The molecule has 0 aliphatic carbocycles. The Labute approximate surface area is 125 Å². The Bertz CT molecular complexity index is 824. The van der Waals surface area contributed by atoms with Gasteiger partial charge in [-0.25, -0.2) is 21.9 Å². The molecule has 1 aliphatic rings. The summed E-state index contributed by atoms with van der Waals surface area (Å²) >= 11 is 0. The zero-order chi connectivity index (χ0) is 15.7. The van der Waals surface area contributed by atoms with E-state index in [-0.39, 0.29) is 23.8 Å². The second kappa shape index (κ2) is 5.54. The lowest BCUT2D eigenvalue weighted by Crippen LogP contribution is -2.23. The fraction of sp³-hybridized carbons (Fsp3) is 0.143. The molecule has 2 aromatic rings. The van der Waals surface area contributed by atoms with E-state index >= 15 is 0 Å². The van der Waals surface area contributed by atoms with E-state index in [9.17, 15) is 17.2 Å². The lowest BCUT2D eigenvalue weighted by molar-refractivity contribution is 0.174. The topological polar surface area (TPSA) is 64.6 Å². The minimum absolute atomic E-state index is 0.0285. The van der Waals surface area contributed by atoms with Gasteiger partial charge in [0.15, 0.2) is 11.5 Å². The van der Waals surface area contributed by atoms with E-state index in [1.54, 1.807) is 0 Å². The number of benzene rings is 2. The third kappa shape index (κ3) is 2.88. The zero-order valence-corrected chi connectivity index (χ0v) is 12.0. The highest BCUT2D eigenvalue weighted by Crippen LogP contribution is 2.33. The Morgan fingerprint density at radius 1 is 1.05 bits per heavy atom. The molecule has 1 heterocycles. The zero-order valence-electron chi connectivity index (χ0n) is 11.2. The molecule has 0 fully saturated rings. The van der Waals surface area contributed by atoms with Gasteiger partial charge in [-0.1, -0.05) is 0 Å². The minimum atomic E-state index is -3.88. The van der Waals surface area contributed by atoms with E-state index in [0.717, 1.165) is 18.2 Å². The Balaban J connectivity index is 1.80. The van der Waals surface area contributed by atoms with Crippen LogP contribution in [0.1, 0.15) is 5.56 Å². The molecule has 0 spiro atoms. The average Bonchev–Trinajstić information content (AvgIpc) is 2.95. The van der Waals surface area contributed by atoms with Crippen LogP contribution in [0.25, 0.3) is 0 Å². The summed E-state index contributed by atoms with van der Waals surface area (Å²) in [5.41, 5.74) is -0.0793. The van der Waals surface area contributed by atoms with Gasteiger partial charge in [0.05, 0.1) is 4.90 Å². The first kappa shape index (κ1) is 14.7. The van der Waals surface area contributed by atoms with Gasteiger partial charge < -0.3 is 9.47 Å². The maximum Gasteiger partial charge on any atom is 0.241 e. The standard InChI is InChI=1S/C14H11F2NO4S/c15-10-1-3-12(16)9(5-10)7-17-22(18,19)11-2-4-13-14(6-11)21-8-20-13/h1-6,17H,7-8H2. The van der Waals surface area contributed by atoms with Crippen LogP contribution >= 0.6 is 0 Å². The predicted octanol–water partition coefficient (Wildman–Crippen LogP) is 2.17. The number of sulfonamides is 1. The van der Waals surface area contributed by atoms with Crippen molar-refractivity contribution in [3.63, 3.8) is 0 Å². The highest BCUT2D eigenvalue weighted by molar-refractivity contribution is 7.89. The molecule has 8 heteroatoms. The number of halogens is 2. The molecule has 0 saturated carbocycles. The Kier molecular flexibility index (Phi) is 3.71. The van der Waals surface area contributed by atoms with Gasteiger partial charge in [-0.15, -0.1) is 0 Å². The van der Waals surface area contributed by atoms with Crippen LogP contribution in [0.3, 0.4) is 0 Å². The Morgan fingerprint density at radius 2 is 1.82 bits per heavy atom. The molecule has 0 unspecified atom stereocenters. The van der Waals surface area contributed by atoms with Crippen LogP contribution in [0.15, 0.2) is 41.3 Å². The van der Waals surface area contributed by atoms with Crippen LogP contribution in [0, 0.1) is 11.6 Å². The van der Waals surface area contributed by atoms with Crippen molar-refractivity contribution in [3.8, 4) is 11.5 Å². The van der Waals surface area contributed by atoms with E-state index in [1.807, 2.05) is 0 Å². The summed E-state index contributed by atoms with van der Waals surface area (Å²) in [4.78, 5) is -0.0476. The first-order valence-corrected chi connectivity index (χ1v) is 7.77. The lowest BCUT2D eigenvalue weighted by atomic mass is 10.2. The fourth-order valence-electron chi connectivity index (χ4n) is 1.98. The predicted molar refractivity (Wildman–Crippen MR) is 72.9 cm³/mol. The maximum absolute atomic E-state index is 13.5. The van der Waals surface area contributed by atoms with Crippen LogP contribution < -0.4 is 14.2 Å². The molecule has 1 N–H and O–H groups in total. The van der Waals surface area contributed by atoms with Crippen molar-refractivity contribution in [2.75, 3.05) is 6.79 Å². The fourth-order valence-corrected chi connectivity index (χ4v) is 3.00. The average molecular weight is 327 g/mol. The molecule has 5 nitrogen and oxygen atoms in total. The van der Waals surface area contributed by atoms with Gasteiger partial charge >= 0.3 is 0 Å². The quantitative estimate of drug-likeness (QED) is 0.935. The SMILES string of the molecule is O=S(=O)(NCc1cc(F)ccc1F)c1ccc2c(c1)OCO2. The van der Waals surface area contributed by atoms with Crippen LogP contribution in [-0.2, 0) is 16.6 Å². The molecule has 3 rings (SSSR count). The van der Waals surface area contributed by atoms with Gasteiger partial charge in [-0.3, -0.25) is 0 Å². The minimum Gasteiger partial charge on any atom is -0.454 e. The molecule has 0 bridgehead atoms. The molecular formula is C14H11F2NO4S.